The molecule has 1 aromatic rings. The van der Waals surface area contributed by atoms with Crippen molar-refractivity contribution in [2.75, 3.05) is 6.61 Å². The van der Waals surface area contributed by atoms with E-state index in [1.54, 1.807) is 0 Å². The van der Waals surface area contributed by atoms with Gasteiger partial charge >= 0.3 is 0 Å². The van der Waals surface area contributed by atoms with Crippen molar-refractivity contribution < 1.29 is 4.74 Å². The Morgan fingerprint density at radius 1 is 1.33 bits per heavy atom. The van der Waals surface area contributed by atoms with Gasteiger partial charge in [-0.3, -0.25) is 0 Å². The summed E-state index contributed by atoms with van der Waals surface area (Å²) in [6.07, 6.45) is 5.08. The van der Waals surface area contributed by atoms with E-state index in [0.717, 1.165) is 19.4 Å². The van der Waals surface area contributed by atoms with Gasteiger partial charge in [-0.2, -0.15) is 0 Å². The lowest BCUT2D eigenvalue weighted by molar-refractivity contribution is 0.0110. The van der Waals surface area contributed by atoms with Gasteiger partial charge in [-0.05, 0) is 31.7 Å². The first-order chi connectivity index (χ1) is 8.79. The van der Waals surface area contributed by atoms with Gasteiger partial charge in [0.05, 0.1) is 6.10 Å². The van der Waals surface area contributed by atoms with Crippen LogP contribution in [0.5, 0.6) is 0 Å². The van der Waals surface area contributed by atoms with Crippen LogP contribution in [0.3, 0.4) is 0 Å². The molecule has 1 aromatic carbocycles. The highest BCUT2D eigenvalue weighted by molar-refractivity contribution is 5.19. The molecule has 3 unspecified atom stereocenters. The third-order valence-electron chi connectivity index (χ3n) is 3.70. The van der Waals surface area contributed by atoms with E-state index >= 15 is 0 Å². The molecule has 1 saturated heterocycles. The second-order valence-corrected chi connectivity index (χ2v) is 5.32. The molecule has 0 bridgehead atoms. The molecule has 0 aliphatic carbocycles. The minimum Gasteiger partial charge on any atom is -0.378 e. The Morgan fingerprint density at radius 2 is 2.11 bits per heavy atom. The molecule has 0 aromatic heterocycles. The van der Waals surface area contributed by atoms with E-state index in [1.165, 1.54) is 18.4 Å². The van der Waals surface area contributed by atoms with Crippen molar-refractivity contribution >= 4 is 0 Å². The van der Waals surface area contributed by atoms with E-state index in [9.17, 15) is 0 Å². The molecule has 0 spiro atoms. The predicted molar refractivity (Wildman–Crippen MR) is 75.7 cm³/mol. The van der Waals surface area contributed by atoms with Crippen molar-refractivity contribution in [1.82, 2.24) is 5.32 Å². The number of hydrogen-bond donors (Lipinski definition) is 1. The molecule has 0 radical (unpaired) electrons. The Bertz CT molecular complexity index is 338. The highest BCUT2D eigenvalue weighted by atomic mass is 16.5. The van der Waals surface area contributed by atoms with Gasteiger partial charge in [0.2, 0.25) is 0 Å². The maximum absolute atomic E-state index is 5.62. The summed E-state index contributed by atoms with van der Waals surface area (Å²) in [5.74, 6) is 0. The van der Waals surface area contributed by atoms with Gasteiger partial charge in [0.1, 0.15) is 0 Å². The van der Waals surface area contributed by atoms with Crippen molar-refractivity contribution in [3.8, 4) is 0 Å². The van der Waals surface area contributed by atoms with Crippen molar-refractivity contribution in [3.05, 3.63) is 35.9 Å². The van der Waals surface area contributed by atoms with Crippen LogP contribution < -0.4 is 5.32 Å². The number of rotatable bonds is 5. The van der Waals surface area contributed by atoms with Crippen molar-refractivity contribution in [1.29, 1.82) is 0 Å². The summed E-state index contributed by atoms with van der Waals surface area (Å²) in [5.41, 5.74) is 1.42. The average Bonchev–Trinajstić information content (AvgIpc) is 2.39. The normalized spacial score (nSPS) is 25.9. The van der Waals surface area contributed by atoms with Gasteiger partial charge in [0.25, 0.3) is 0 Å². The molecule has 1 N–H and O–H groups in total. The molecule has 100 valence electrons. The molecule has 18 heavy (non-hydrogen) atoms. The van der Waals surface area contributed by atoms with Crippen LogP contribution in [0.2, 0.25) is 0 Å². The molecule has 2 nitrogen and oxygen atoms in total. The Hall–Kier alpha value is -0.860. The van der Waals surface area contributed by atoms with Gasteiger partial charge in [-0.15, -0.1) is 0 Å². The fraction of sp³-hybridized carbons (Fsp3) is 0.625. The molecule has 2 rings (SSSR count). The quantitative estimate of drug-likeness (QED) is 0.857. The summed E-state index contributed by atoms with van der Waals surface area (Å²) in [7, 11) is 0. The van der Waals surface area contributed by atoms with Crippen LogP contribution in [0, 0.1) is 0 Å². The highest BCUT2D eigenvalue weighted by Crippen LogP contribution is 2.22. The first-order valence-corrected chi connectivity index (χ1v) is 7.22. The van der Waals surface area contributed by atoms with Gasteiger partial charge in [0.15, 0.2) is 0 Å². The van der Waals surface area contributed by atoms with Gasteiger partial charge < -0.3 is 10.1 Å². The Morgan fingerprint density at radius 3 is 2.78 bits per heavy atom. The van der Waals surface area contributed by atoms with E-state index in [-0.39, 0.29) is 0 Å². The van der Waals surface area contributed by atoms with Crippen LogP contribution >= 0.6 is 0 Å². The van der Waals surface area contributed by atoms with Gasteiger partial charge in [0, 0.05) is 18.7 Å². The van der Waals surface area contributed by atoms with E-state index in [1.807, 2.05) is 0 Å². The Kier molecular flexibility index (Phi) is 5.21. The third kappa shape index (κ3) is 3.82. The zero-order chi connectivity index (χ0) is 12.8. The van der Waals surface area contributed by atoms with Crippen LogP contribution in [-0.2, 0) is 4.74 Å². The summed E-state index contributed by atoms with van der Waals surface area (Å²) in [5, 5.41) is 3.82. The van der Waals surface area contributed by atoms with Crippen LogP contribution in [0.25, 0.3) is 0 Å². The summed E-state index contributed by atoms with van der Waals surface area (Å²) >= 11 is 0. The monoisotopic (exact) mass is 247 g/mol. The smallest absolute Gasteiger partial charge is 0.0561 e. The van der Waals surface area contributed by atoms with Gasteiger partial charge in [-0.1, -0.05) is 43.7 Å². The van der Waals surface area contributed by atoms with E-state index < -0.39 is 0 Å². The Balaban J connectivity index is 1.97. The second kappa shape index (κ2) is 6.91. The molecular formula is C16H25NO. The summed E-state index contributed by atoms with van der Waals surface area (Å²) in [4.78, 5) is 0. The van der Waals surface area contributed by atoms with Crippen molar-refractivity contribution in [2.45, 2.75) is 57.7 Å². The lowest BCUT2D eigenvalue weighted by Gasteiger charge is -2.32. The molecule has 2 heteroatoms. The standard InChI is InChI=1S/C16H25NO/c1-3-7-16(14-8-5-4-6-9-14)17-15-10-11-18-13(2)12-15/h4-6,8-9,13,15-17H,3,7,10-12H2,1-2H3. The van der Waals surface area contributed by atoms with E-state index in [0.29, 0.717) is 18.2 Å². The van der Waals surface area contributed by atoms with Crippen LogP contribution in [-0.4, -0.2) is 18.8 Å². The average molecular weight is 247 g/mol. The molecule has 1 heterocycles. The SMILES string of the molecule is CCCC(NC1CCOC(C)C1)c1ccccc1. The molecular weight excluding hydrogens is 222 g/mol. The highest BCUT2D eigenvalue weighted by Gasteiger charge is 2.22. The lowest BCUT2D eigenvalue weighted by Crippen LogP contribution is -2.40. The second-order valence-electron chi connectivity index (χ2n) is 5.32. The fourth-order valence-electron chi connectivity index (χ4n) is 2.75. The summed E-state index contributed by atoms with van der Waals surface area (Å²) in [6.45, 7) is 5.32. The Labute approximate surface area is 111 Å². The number of benzene rings is 1. The molecule has 1 aliphatic heterocycles. The predicted octanol–water partition coefficient (Wildman–Crippen LogP) is 3.68. The zero-order valence-electron chi connectivity index (χ0n) is 11.6. The number of ether oxygens (including phenoxy) is 1. The maximum Gasteiger partial charge on any atom is 0.0561 e. The van der Waals surface area contributed by atoms with Crippen molar-refractivity contribution in [3.63, 3.8) is 0 Å². The number of hydrogen-bond acceptors (Lipinski definition) is 2. The lowest BCUT2D eigenvalue weighted by atomic mass is 9.98. The fourth-order valence-corrected chi connectivity index (χ4v) is 2.75. The third-order valence-corrected chi connectivity index (χ3v) is 3.70. The maximum atomic E-state index is 5.62. The topological polar surface area (TPSA) is 21.3 Å². The minimum absolute atomic E-state index is 0.397. The molecule has 1 fully saturated rings. The first kappa shape index (κ1) is 13.6. The first-order valence-electron chi connectivity index (χ1n) is 7.22. The van der Waals surface area contributed by atoms with Crippen molar-refractivity contribution in [2.24, 2.45) is 0 Å². The van der Waals surface area contributed by atoms with Gasteiger partial charge in [-0.25, -0.2) is 0 Å². The minimum atomic E-state index is 0.397. The largest absolute Gasteiger partial charge is 0.378 e. The summed E-state index contributed by atoms with van der Waals surface area (Å²) < 4.78 is 5.62. The van der Waals surface area contributed by atoms with E-state index in [2.05, 4.69) is 49.5 Å². The molecule has 3 atom stereocenters. The van der Waals surface area contributed by atoms with Crippen LogP contribution in [0.4, 0.5) is 0 Å². The van der Waals surface area contributed by atoms with Crippen LogP contribution in [0.15, 0.2) is 30.3 Å². The molecule has 0 amide bonds. The zero-order valence-corrected chi connectivity index (χ0v) is 11.6. The molecule has 0 saturated carbocycles. The summed E-state index contributed by atoms with van der Waals surface area (Å²) in [6, 6.07) is 11.9. The number of nitrogens with one attached hydrogen (secondary N) is 1. The van der Waals surface area contributed by atoms with E-state index in [4.69, 9.17) is 4.74 Å². The molecule has 1 aliphatic rings. The van der Waals surface area contributed by atoms with Crippen LogP contribution in [0.1, 0.15) is 51.1 Å².